The number of thiazole rings is 1. The highest BCUT2D eigenvalue weighted by Crippen LogP contribution is 2.23. The summed E-state index contributed by atoms with van der Waals surface area (Å²) < 4.78 is 28.6. The molecule has 0 fully saturated rings. The van der Waals surface area contributed by atoms with Crippen LogP contribution in [0.25, 0.3) is 0 Å². The molecule has 1 aromatic carbocycles. The highest BCUT2D eigenvalue weighted by Gasteiger charge is 2.30. The van der Waals surface area contributed by atoms with Crippen LogP contribution in [0.3, 0.4) is 0 Å². The number of benzene rings is 1. The topological polar surface area (TPSA) is 53.5 Å². The van der Waals surface area contributed by atoms with E-state index in [0.29, 0.717) is 19.6 Å². The monoisotopic (exact) mass is 351 g/mol. The van der Waals surface area contributed by atoms with Crippen molar-refractivity contribution in [2.75, 3.05) is 13.6 Å². The molecule has 0 unspecified atom stereocenters. The van der Waals surface area contributed by atoms with Gasteiger partial charge in [0.15, 0.2) is 0 Å². The van der Waals surface area contributed by atoms with Gasteiger partial charge in [-0.25, -0.2) is 4.98 Å². The van der Waals surface area contributed by atoms with Gasteiger partial charge < -0.3 is 0 Å². The lowest BCUT2D eigenvalue weighted by molar-refractivity contribution is 0.342. The van der Waals surface area contributed by atoms with E-state index in [1.54, 1.807) is 22.7 Å². The Labute approximate surface area is 141 Å². The van der Waals surface area contributed by atoms with Crippen molar-refractivity contribution in [3.63, 3.8) is 0 Å². The molecule has 0 N–H and O–H groups in total. The second-order valence-electron chi connectivity index (χ2n) is 5.69. The van der Waals surface area contributed by atoms with Crippen molar-refractivity contribution < 1.29 is 8.42 Å². The Bertz CT molecular complexity index is 786. The number of aryl methyl sites for hydroxylation is 1. The lowest BCUT2D eigenvalue weighted by Crippen LogP contribution is -2.43. The molecule has 7 heteroatoms. The predicted octanol–water partition coefficient (Wildman–Crippen LogP) is 2.44. The zero-order valence-corrected chi connectivity index (χ0v) is 15.0. The maximum Gasteiger partial charge on any atom is 0.282 e. The van der Waals surface area contributed by atoms with Gasteiger partial charge in [0.05, 0.1) is 6.54 Å². The summed E-state index contributed by atoms with van der Waals surface area (Å²) in [5, 5.41) is 0.838. The molecule has 1 aliphatic heterocycles. The summed E-state index contributed by atoms with van der Waals surface area (Å²) >= 11 is 1.58. The fraction of sp³-hybridized carbons (Fsp3) is 0.438. The van der Waals surface area contributed by atoms with Crippen molar-refractivity contribution in [3.05, 3.63) is 51.5 Å². The molecule has 2 heterocycles. The van der Waals surface area contributed by atoms with Gasteiger partial charge in [0.1, 0.15) is 5.01 Å². The Kier molecular flexibility index (Phi) is 4.82. The third kappa shape index (κ3) is 3.47. The highest BCUT2D eigenvalue weighted by molar-refractivity contribution is 7.86. The quantitative estimate of drug-likeness (QED) is 0.831. The SMILES string of the molecule is CCc1cnc(CN(C)S(=O)(=O)N2CCc3ccccc3C2)s1. The number of hydrogen-bond acceptors (Lipinski definition) is 4. The van der Waals surface area contributed by atoms with E-state index in [0.717, 1.165) is 23.4 Å². The Balaban J connectivity index is 1.73. The Morgan fingerprint density at radius 3 is 2.74 bits per heavy atom. The van der Waals surface area contributed by atoms with Gasteiger partial charge >= 0.3 is 0 Å². The molecular formula is C16H21N3O2S2. The molecule has 0 radical (unpaired) electrons. The van der Waals surface area contributed by atoms with Crippen LogP contribution in [0.5, 0.6) is 0 Å². The first-order chi connectivity index (χ1) is 11.0. The molecule has 3 rings (SSSR count). The Morgan fingerprint density at radius 2 is 2.04 bits per heavy atom. The summed E-state index contributed by atoms with van der Waals surface area (Å²) in [7, 11) is -1.84. The molecule has 0 bridgehead atoms. The van der Waals surface area contributed by atoms with E-state index in [2.05, 4.69) is 18.0 Å². The summed E-state index contributed by atoms with van der Waals surface area (Å²) in [6.07, 6.45) is 3.52. The lowest BCUT2D eigenvalue weighted by Gasteiger charge is -2.31. The van der Waals surface area contributed by atoms with Crippen LogP contribution < -0.4 is 0 Å². The van der Waals surface area contributed by atoms with E-state index in [9.17, 15) is 8.42 Å². The van der Waals surface area contributed by atoms with Crippen molar-refractivity contribution in [1.29, 1.82) is 0 Å². The van der Waals surface area contributed by atoms with E-state index < -0.39 is 10.2 Å². The Morgan fingerprint density at radius 1 is 1.30 bits per heavy atom. The van der Waals surface area contributed by atoms with Crippen LogP contribution in [-0.4, -0.2) is 35.6 Å². The molecule has 0 saturated heterocycles. The zero-order valence-electron chi connectivity index (χ0n) is 13.4. The van der Waals surface area contributed by atoms with Crippen LogP contribution >= 0.6 is 11.3 Å². The first-order valence-electron chi connectivity index (χ1n) is 7.72. The predicted molar refractivity (Wildman–Crippen MR) is 92.4 cm³/mol. The molecule has 0 atom stereocenters. The average molecular weight is 351 g/mol. The van der Waals surface area contributed by atoms with Gasteiger partial charge in [-0.05, 0) is 24.0 Å². The van der Waals surface area contributed by atoms with Gasteiger partial charge in [0.25, 0.3) is 10.2 Å². The van der Waals surface area contributed by atoms with Gasteiger partial charge in [0, 0.05) is 31.2 Å². The smallest absolute Gasteiger partial charge is 0.248 e. The van der Waals surface area contributed by atoms with Crippen molar-refractivity contribution in [2.45, 2.75) is 32.9 Å². The summed E-state index contributed by atoms with van der Waals surface area (Å²) in [5.41, 5.74) is 2.34. The third-order valence-corrected chi connectivity index (χ3v) is 7.13. The fourth-order valence-corrected chi connectivity index (χ4v) is 5.02. The third-order valence-electron chi connectivity index (χ3n) is 4.12. The van der Waals surface area contributed by atoms with Crippen LogP contribution in [0.4, 0.5) is 0 Å². The van der Waals surface area contributed by atoms with Crippen LogP contribution in [0.1, 0.15) is 27.9 Å². The Hall–Kier alpha value is -1.28. The fourth-order valence-electron chi connectivity index (χ4n) is 2.72. The summed E-state index contributed by atoms with van der Waals surface area (Å²) in [6, 6.07) is 8.04. The van der Waals surface area contributed by atoms with E-state index in [4.69, 9.17) is 0 Å². The first-order valence-corrected chi connectivity index (χ1v) is 9.94. The molecule has 0 saturated carbocycles. The zero-order chi connectivity index (χ0) is 16.4. The van der Waals surface area contributed by atoms with E-state index >= 15 is 0 Å². The van der Waals surface area contributed by atoms with Crippen molar-refractivity contribution in [3.8, 4) is 0 Å². The van der Waals surface area contributed by atoms with E-state index in [1.165, 1.54) is 14.7 Å². The van der Waals surface area contributed by atoms with Crippen LogP contribution in [0, 0.1) is 0 Å². The van der Waals surface area contributed by atoms with Crippen molar-refractivity contribution in [2.24, 2.45) is 0 Å². The summed E-state index contributed by atoms with van der Waals surface area (Å²) in [4.78, 5) is 5.49. The summed E-state index contributed by atoms with van der Waals surface area (Å²) in [6.45, 7) is 3.37. The van der Waals surface area contributed by atoms with Gasteiger partial charge in [-0.15, -0.1) is 11.3 Å². The van der Waals surface area contributed by atoms with Crippen LogP contribution in [-0.2, 0) is 36.1 Å². The molecule has 1 aliphatic rings. The van der Waals surface area contributed by atoms with Gasteiger partial charge in [-0.2, -0.15) is 17.0 Å². The molecule has 124 valence electrons. The molecule has 0 spiro atoms. The minimum atomic E-state index is -3.47. The number of rotatable bonds is 5. The van der Waals surface area contributed by atoms with Crippen molar-refractivity contribution in [1.82, 2.24) is 13.6 Å². The second kappa shape index (κ2) is 6.68. The molecule has 23 heavy (non-hydrogen) atoms. The van der Waals surface area contributed by atoms with Crippen LogP contribution in [0.15, 0.2) is 30.5 Å². The van der Waals surface area contributed by atoms with Gasteiger partial charge in [-0.3, -0.25) is 0 Å². The van der Waals surface area contributed by atoms with E-state index in [-0.39, 0.29) is 0 Å². The first kappa shape index (κ1) is 16.6. The largest absolute Gasteiger partial charge is 0.282 e. The second-order valence-corrected chi connectivity index (χ2v) is 8.93. The number of nitrogens with zero attached hydrogens (tertiary/aromatic N) is 3. The van der Waals surface area contributed by atoms with Crippen LogP contribution in [0.2, 0.25) is 0 Å². The minimum Gasteiger partial charge on any atom is -0.248 e. The molecule has 0 amide bonds. The van der Waals surface area contributed by atoms with E-state index in [1.807, 2.05) is 24.4 Å². The van der Waals surface area contributed by atoms with Gasteiger partial charge in [0.2, 0.25) is 0 Å². The highest BCUT2D eigenvalue weighted by atomic mass is 32.2. The maximum absolute atomic E-state index is 12.8. The maximum atomic E-state index is 12.8. The molecule has 1 aromatic heterocycles. The molecule has 0 aliphatic carbocycles. The normalized spacial score (nSPS) is 15.8. The number of hydrogen-bond donors (Lipinski definition) is 0. The summed E-state index contributed by atoms with van der Waals surface area (Å²) in [5.74, 6) is 0. The minimum absolute atomic E-state index is 0.325. The average Bonchev–Trinajstić information content (AvgIpc) is 3.02. The molecular weight excluding hydrogens is 330 g/mol. The standard InChI is InChI=1S/C16H21N3O2S2/c1-3-15-10-17-16(22-15)12-18(2)23(20,21)19-9-8-13-6-4-5-7-14(13)11-19/h4-7,10H,3,8-9,11-12H2,1-2H3. The number of aromatic nitrogens is 1. The van der Waals surface area contributed by atoms with Gasteiger partial charge in [-0.1, -0.05) is 31.2 Å². The molecule has 2 aromatic rings. The lowest BCUT2D eigenvalue weighted by atomic mass is 10.0. The van der Waals surface area contributed by atoms with Crippen molar-refractivity contribution >= 4 is 21.5 Å². The molecule has 5 nitrogen and oxygen atoms in total. The number of fused-ring (bicyclic) bond motifs is 1.